The molecule has 2 aromatic rings. The summed E-state index contributed by atoms with van der Waals surface area (Å²) in [6, 6.07) is 7.43. The third-order valence-corrected chi connectivity index (χ3v) is 3.03. The molecule has 2 rings (SSSR count). The van der Waals surface area contributed by atoms with E-state index in [1.165, 1.54) is 24.4 Å². The van der Waals surface area contributed by atoms with Crippen molar-refractivity contribution >= 4 is 33.3 Å². The topological polar surface area (TPSA) is 68.0 Å². The van der Waals surface area contributed by atoms with Gasteiger partial charge in [0.15, 0.2) is 0 Å². The summed E-state index contributed by atoms with van der Waals surface area (Å²) in [7, 11) is 0. The maximum Gasteiger partial charge on any atom is 0.258 e. The number of carbonyl (C=O) groups excluding carboxylic acids is 1. The number of aromatic nitrogens is 1. The summed E-state index contributed by atoms with van der Waals surface area (Å²) in [6.45, 7) is 0. The van der Waals surface area contributed by atoms with Gasteiger partial charge in [-0.2, -0.15) is 0 Å². The summed E-state index contributed by atoms with van der Waals surface area (Å²) in [5.41, 5.74) is 6.18. The highest BCUT2D eigenvalue weighted by atomic mass is 79.9. The van der Waals surface area contributed by atoms with E-state index in [1.54, 1.807) is 12.1 Å². The Morgan fingerprint density at radius 3 is 2.78 bits per heavy atom. The summed E-state index contributed by atoms with van der Waals surface area (Å²) < 4.78 is 13.4. The van der Waals surface area contributed by atoms with Crippen molar-refractivity contribution in [3.63, 3.8) is 0 Å². The molecule has 6 heteroatoms. The van der Waals surface area contributed by atoms with Gasteiger partial charge in [-0.3, -0.25) is 4.79 Å². The van der Waals surface area contributed by atoms with E-state index in [-0.39, 0.29) is 10.0 Å². The predicted molar refractivity (Wildman–Crippen MR) is 70.7 cm³/mol. The van der Waals surface area contributed by atoms with Crippen molar-refractivity contribution in [2.75, 3.05) is 11.1 Å². The Morgan fingerprint density at radius 1 is 1.33 bits per heavy atom. The highest BCUT2D eigenvalue weighted by molar-refractivity contribution is 9.10. The van der Waals surface area contributed by atoms with Crippen LogP contribution in [0.4, 0.5) is 15.9 Å². The maximum absolute atomic E-state index is 13.3. The first-order chi connectivity index (χ1) is 8.58. The average molecular weight is 310 g/mol. The highest BCUT2D eigenvalue weighted by Crippen LogP contribution is 2.21. The molecule has 1 aromatic carbocycles. The fourth-order valence-corrected chi connectivity index (χ4v) is 1.79. The number of nitrogens with zero attached hydrogens (tertiary/aromatic N) is 1. The molecular weight excluding hydrogens is 301 g/mol. The van der Waals surface area contributed by atoms with Gasteiger partial charge in [-0.25, -0.2) is 9.37 Å². The molecule has 92 valence electrons. The van der Waals surface area contributed by atoms with Crippen LogP contribution < -0.4 is 11.1 Å². The first-order valence-electron chi connectivity index (χ1n) is 5.05. The van der Waals surface area contributed by atoms with Gasteiger partial charge < -0.3 is 11.1 Å². The number of nitrogens with one attached hydrogen (secondary N) is 1. The van der Waals surface area contributed by atoms with Crippen LogP contribution in [0.3, 0.4) is 0 Å². The van der Waals surface area contributed by atoms with Crippen LogP contribution in [0.5, 0.6) is 0 Å². The number of halogens is 2. The predicted octanol–water partition coefficient (Wildman–Crippen LogP) is 2.82. The summed E-state index contributed by atoms with van der Waals surface area (Å²) in [5, 5.41) is 2.55. The molecule has 0 fully saturated rings. The first-order valence-corrected chi connectivity index (χ1v) is 5.84. The minimum Gasteiger partial charge on any atom is -0.397 e. The molecule has 3 N–H and O–H groups in total. The van der Waals surface area contributed by atoms with Crippen molar-refractivity contribution in [1.29, 1.82) is 0 Å². The van der Waals surface area contributed by atoms with Crippen LogP contribution in [0, 0.1) is 5.82 Å². The number of rotatable bonds is 2. The Bertz CT molecular complexity index is 586. The molecule has 0 spiro atoms. The standard InChI is InChI=1S/C12H9BrFN3O/c13-11-8(2-1-3-9(11)14)12(18)17-10-5-4-7(15)6-16-10/h1-6H,15H2,(H,16,17,18). The maximum atomic E-state index is 13.3. The quantitative estimate of drug-likeness (QED) is 0.896. The van der Waals surface area contributed by atoms with Gasteiger partial charge in [0.1, 0.15) is 11.6 Å². The SMILES string of the molecule is Nc1ccc(NC(=O)c2cccc(F)c2Br)nc1. The van der Waals surface area contributed by atoms with Crippen LogP contribution in [0.25, 0.3) is 0 Å². The van der Waals surface area contributed by atoms with E-state index in [0.717, 1.165) is 0 Å². The summed E-state index contributed by atoms with van der Waals surface area (Å²) in [6.07, 6.45) is 1.43. The molecule has 0 unspecified atom stereocenters. The fraction of sp³-hybridized carbons (Fsp3) is 0. The average Bonchev–Trinajstić information content (AvgIpc) is 2.35. The molecule has 18 heavy (non-hydrogen) atoms. The van der Waals surface area contributed by atoms with E-state index in [1.807, 2.05) is 0 Å². The number of nitrogens with two attached hydrogens (primary N) is 1. The third kappa shape index (κ3) is 2.65. The number of anilines is 2. The van der Waals surface area contributed by atoms with E-state index in [9.17, 15) is 9.18 Å². The minimum absolute atomic E-state index is 0.123. The van der Waals surface area contributed by atoms with E-state index >= 15 is 0 Å². The number of benzene rings is 1. The summed E-state index contributed by atoms with van der Waals surface area (Å²) >= 11 is 3.03. The molecule has 0 aliphatic heterocycles. The zero-order chi connectivity index (χ0) is 13.1. The van der Waals surface area contributed by atoms with Crippen LogP contribution in [0.15, 0.2) is 41.0 Å². The Balaban J connectivity index is 2.22. The second kappa shape index (κ2) is 5.14. The van der Waals surface area contributed by atoms with Crippen LogP contribution in [-0.4, -0.2) is 10.9 Å². The fourth-order valence-electron chi connectivity index (χ4n) is 1.34. The largest absolute Gasteiger partial charge is 0.397 e. The lowest BCUT2D eigenvalue weighted by Crippen LogP contribution is -2.14. The van der Waals surface area contributed by atoms with Gasteiger partial charge in [-0.15, -0.1) is 0 Å². The molecule has 0 saturated heterocycles. The van der Waals surface area contributed by atoms with Gasteiger partial charge in [0, 0.05) is 0 Å². The van der Waals surface area contributed by atoms with Crippen LogP contribution in [0.2, 0.25) is 0 Å². The van der Waals surface area contributed by atoms with Crippen molar-refractivity contribution in [3.05, 3.63) is 52.4 Å². The Labute approximate surface area is 111 Å². The second-order valence-corrected chi connectivity index (χ2v) is 4.33. The molecule has 1 amide bonds. The summed E-state index contributed by atoms with van der Waals surface area (Å²) in [4.78, 5) is 15.8. The Morgan fingerprint density at radius 2 is 2.11 bits per heavy atom. The van der Waals surface area contributed by atoms with Crippen molar-refractivity contribution < 1.29 is 9.18 Å². The van der Waals surface area contributed by atoms with E-state index in [2.05, 4.69) is 26.2 Å². The molecule has 0 bridgehead atoms. The molecule has 0 aliphatic carbocycles. The molecule has 0 radical (unpaired) electrons. The zero-order valence-corrected chi connectivity index (χ0v) is 10.7. The number of carbonyl (C=O) groups is 1. The number of nitrogen functional groups attached to an aromatic ring is 1. The molecule has 0 atom stereocenters. The van der Waals surface area contributed by atoms with E-state index < -0.39 is 11.7 Å². The number of hydrogen-bond acceptors (Lipinski definition) is 3. The third-order valence-electron chi connectivity index (χ3n) is 2.22. The lowest BCUT2D eigenvalue weighted by molar-refractivity contribution is 0.102. The van der Waals surface area contributed by atoms with Crippen molar-refractivity contribution in [2.24, 2.45) is 0 Å². The number of amides is 1. The molecular formula is C12H9BrFN3O. The van der Waals surface area contributed by atoms with Crippen LogP contribution in [0.1, 0.15) is 10.4 Å². The highest BCUT2D eigenvalue weighted by Gasteiger charge is 2.13. The lowest BCUT2D eigenvalue weighted by atomic mass is 10.2. The van der Waals surface area contributed by atoms with Crippen molar-refractivity contribution in [2.45, 2.75) is 0 Å². The monoisotopic (exact) mass is 309 g/mol. The van der Waals surface area contributed by atoms with Gasteiger partial charge >= 0.3 is 0 Å². The van der Waals surface area contributed by atoms with Gasteiger partial charge in [0.05, 0.1) is 21.9 Å². The van der Waals surface area contributed by atoms with Gasteiger partial charge in [0.2, 0.25) is 0 Å². The Kier molecular flexibility index (Phi) is 3.57. The lowest BCUT2D eigenvalue weighted by Gasteiger charge is -2.06. The smallest absolute Gasteiger partial charge is 0.258 e. The second-order valence-electron chi connectivity index (χ2n) is 3.53. The molecule has 1 heterocycles. The van der Waals surface area contributed by atoms with Gasteiger partial charge in [0.25, 0.3) is 5.91 Å². The zero-order valence-electron chi connectivity index (χ0n) is 9.15. The van der Waals surface area contributed by atoms with Crippen molar-refractivity contribution in [3.8, 4) is 0 Å². The molecule has 4 nitrogen and oxygen atoms in total. The Hall–Kier alpha value is -1.95. The van der Waals surface area contributed by atoms with Gasteiger partial charge in [-0.05, 0) is 40.2 Å². The minimum atomic E-state index is -0.493. The number of pyridine rings is 1. The molecule has 0 saturated carbocycles. The van der Waals surface area contributed by atoms with Gasteiger partial charge in [-0.1, -0.05) is 6.07 Å². The number of hydrogen-bond donors (Lipinski definition) is 2. The van der Waals surface area contributed by atoms with Crippen molar-refractivity contribution in [1.82, 2.24) is 4.98 Å². The summed E-state index contributed by atoms with van der Waals surface area (Å²) in [5.74, 6) is -0.586. The van der Waals surface area contributed by atoms with E-state index in [0.29, 0.717) is 11.5 Å². The first kappa shape index (κ1) is 12.5. The molecule has 0 aliphatic rings. The van der Waals surface area contributed by atoms with Crippen LogP contribution >= 0.6 is 15.9 Å². The normalized spacial score (nSPS) is 10.1. The van der Waals surface area contributed by atoms with E-state index in [4.69, 9.17) is 5.73 Å². The molecule has 1 aromatic heterocycles. The van der Waals surface area contributed by atoms with Crippen LogP contribution in [-0.2, 0) is 0 Å².